The highest BCUT2D eigenvalue weighted by atomic mass is 32.2. The molecule has 2 aromatic rings. The van der Waals surface area contributed by atoms with Gasteiger partial charge < -0.3 is 0 Å². The van der Waals surface area contributed by atoms with Crippen LogP contribution in [0.15, 0.2) is 41.8 Å². The molecular formula is C11H10N2OS. The van der Waals surface area contributed by atoms with E-state index in [1.54, 1.807) is 30.1 Å². The lowest BCUT2D eigenvalue weighted by Crippen LogP contribution is -1.94. The van der Waals surface area contributed by atoms with Gasteiger partial charge in [-0.1, -0.05) is 11.8 Å². The lowest BCUT2D eigenvalue weighted by molar-refractivity contribution is 0.112. The predicted molar refractivity (Wildman–Crippen MR) is 60.7 cm³/mol. The Morgan fingerprint density at radius 2 is 2.07 bits per heavy atom. The molecule has 0 saturated heterocycles. The van der Waals surface area contributed by atoms with E-state index in [0.29, 0.717) is 5.56 Å². The third-order valence-electron chi connectivity index (χ3n) is 2.10. The maximum Gasteiger partial charge on any atom is 0.172 e. The quantitative estimate of drug-likeness (QED) is 0.586. The van der Waals surface area contributed by atoms with Crippen molar-refractivity contribution in [2.45, 2.75) is 5.16 Å². The maximum absolute atomic E-state index is 10.5. The largest absolute Gasteiger partial charge is 0.298 e. The molecule has 0 fully saturated rings. The first-order valence-electron chi connectivity index (χ1n) is 4.48. The van der Waals surface area contributed by atoms with Gasteiger partial charge in [0.1, 0.15) is 6.29 Å². The van der Waals surface area contributed by atoms with Gasteiger partial charge in [-0.05, 0) is 30.5 Å². The minimum atomic E-state index is 0.685. The zero-order valence-electron chi connectivity index (χ0n) is 8.25. The third kappa shape index (κ3) is 1.94. The van der Waals surface area contributed by atoms with Crippen LogP contribution in [0.4, 0.5) is 0 Å². The van der Waals surface area contributed by atoms with Crippen LogP contribution in [0.1, 0.15) is 10.4 Å². The first kappa shape index (κ1) is 9.98. The van der Waals surface area contributed by atoms with E-state index in [-0.39, 0.29) is 0 Å². The smallest absolute Gasteiger partial charge is 0.172 e. The summed E-state index contributed by atoms with van der Waals surface area (Å²) in [6.45, 7) is 0. The normalized spacial score (nSPS) is 10.2. The number of aromatic nitrogens is 2. The zero-order valence-corrected chi connectivity index (χ0v) is 9.07. The summed E-state index contributed by atoms with van der Waals surface area (Å²) >= 11 is 1.59. The molecule has 4 heteroatoms. The molecule has 1 aromatic heterocycles. The van der Waals surface area contributed by atoms with Crippen molar-refractivity contribution in [3.63, 3.8) is 0 Å². The average Bonchev–Trinajstić information content (AvgIpc) is 2.77. The number of benzene rings is 1. The van der Waals surface area contributed by atoms with E-state index in [0.717, 1.165) is 17.1 Å². The number of aldehydes is 1. The van der Waals surface area contributed by atoms with Crippen molar-refractivity contribution in [2.75, 3.05) is 6.26 Å². The van der Waals surface area contributed by atoms with E-state index in [2.05, 4.69) is 4.98 Å². The Morgan fingerprint density at radius 3 is 2.67 bits per heavy atom. The van der Waals surface area contributed by atoms with Crippen molar-refractivity contribution >= 4 is 18.0 Å². The Kier molecular flexibility index (Phi) is 2.87. The first-order valence-corrected chi connectivity index (χ1v) is 5.70. The molecule has 0 N–H and O–H groups in total. The van der Waals surface area contributed by atoms with Crippen molar-refractivity contribution in [1.82, 2.24) is 9.55 Å². The minimum absolute atomic E-state index is 0.685. The predicted octanol–water partition coefficient (Wildman–Crippen LogP) is 2.41. The summed E-state index contributed by atoms with van der Waals surface area (Å²) < 4.78 is 1.99. The fraction of sp³-hybridized carbons (Fsp3) is 0.0909. The van der Waals surface area contributed by atoms with E-state index in [1.165, 1.54) is 0 Å². The number of carbonyl (C=O) groups is 1. The summed E-state index contributed by atoms with van der Waals surface area (Å²) in [5.41, 5.74) is 1.70. The van der Waals surface area contributed by atoms with Crippen LogP contribution in [0.5, 0.6) is 0 Å². The zero-order chi connectivity index (χ0) is 10.7. The Labute approximate surface area is 92.1 Å². The summed E-state index contributed by atoms with van der Waals surface area (Å²) in [4.78, 5) is 14.7. The number of imidazole rings is 1. The molecule has 76 valence electrons. The number of rotatable bonds is 3. The monoisotopic (exact) mass is 218 g/mol. The summed E-state index contributed by atoms with van der Waals surface area (Å²) in [5.74, 6) is 0. The number of hydrogen-bond acceptors (Lipinski definition) is 3. The van der Waals surface area contributed by atoms with Crippen molar-refractivity contribution in [3.05, 3.63) is 42.2 Å². The van der Waals surface area contributed by atoms with Gasteiger partial charge >= 0.3 is 0 Å². The highest BCUT2D eigenvalue weighted by Crippen LogP contribution is 2.17. The molecule has 15 heavy (non-hydrogen) atoms. The molecule has 0 bridgehead atoms. The molecule has 0 saturated carbocycles. The molecule has 0 aliphatic rings. The highest BCUT2D eigenvalue weighted by Gasteiger charge is 2.02. The standard InChI is InChI=1S/C11H10N2OS/c1-15-11-12-6-7-13(11)10-4-2-9(8-14)3-5-10/h2-8H,1H3. The van der Waals surface area contributed by atoms with Gasteiger partial charge in [-0.3, -0.25) is 9.36 Å². The molecule has 0 unspecified atom stereocenters. The molecule has 0 radical (unpaired) electrons. The van der Waals surface area contributed by atoms with Gasteiger partial charge in [0.15, 0.2) is 5.16 Å². The van der Waals surface area contributed by atoms with Crippen LogP contribution < -0.4 is 0 Å². The van der Waals surface area contributed by atoms with Crippen LogP contribution in [0.2, 0.25) is 0 Å². The summed E-state index contributed by atoms with van der Waals surface area (Å²) in [5, 5.41) is 0.939. The molecule has 0 amide bonds. The van der Waals surface area contributed by atoms with Crippen molar-refractivity contribution < 1.29 is 4.79 Å². The van der Waals surface area contributed by atoms with Crippen molar-refractivity contribution in [3.8, 4) is 5.69 Å². The van der Waals surface area contributed by atoms with Crippen LogP contribution in [-0.2, 0) is 0 Å². The van der Waals surface area contributed by atoms with Gasteiger partial charge in [0.25, 0.3) is 0 Å². The van der Waals surface area contributed by atoms with Crippen LogP contribution in [0.3, 0.4) is 0 Å². The Morgan fingerprint density at radius 1 is 1.33 bits per heavy atom. The first-order chi connectivity index (χ1) is 7.35. The second-order valence-corrected chi connectivity index (χ2v) is 3.77. The average molecular weight is 218 g/mol. The van der Waals surface area contributed by atoms with Gasteiger partial charge in [0, 0.05) is 23.6 Å². The molecule has 2 rings (SSSR count). The fourth-order valence-corrected chi connectivity index (χ4v) is 1.88. The second kappa shape index (κ2) is 4.31. The van der Waals surface area contributed by atoms with E-state index < -0.39 is 0 Å². The highest BCUT2D eigenvalue weighted by molar-refractivity contribution is 7.98. The topological polar surface area (TPSA) is 34.9 Å². The van der Waals surface area contributed by atoms with E-state index >= 15 is 0 Å². The Bertz CT molecular complexity index is 462. The van der Waals surface area contributed by atoms with Gasteiger partial charge in [-0.25, -0.2) is 4.98 Å². The SMILES string of the molecule is CSc1nccn1-c1ccc(C=O)cc1. The number of nitrogens with zero attached hydrogens (tertiary/aromatic N) is 2. The Hall–Kier alpha value is -1.55. The van der Waals surface area contributed by atoms with Crippen molar-refractivity contribution in [2.24, 2.45) is 0 Å². The van der Waals surface area contributed by atoms with Crippen molar-refractivity contribution in [1.29, 1.82) is 0 Å². The lowest BCUT2D eigenvalue weighted by atomic mass is 10.2. The van der Waals surface area contributed by atoms with Crippen LogP contribution >= 0.6 is 11.8 Å². The van der Waals surface area contributed by atoms with Gasteiger partial charge in [0.2, 0.25) is 0 Å². The van der Waals surface area contributed by atoms with E-state index in [1.807, 2.05) is 29.2 Å². The lowest BCUT2D eigenvalue weighted by Gasteiger charge is -2.05. The molecule has 0 aliphatic carbocycles. The van der Waals surface area contributed by atoms with Crippen LogP contribution in [0, 0.1) is 0 Å². The third-order valence-corrected chi connectivity index (χ3v) is 2.76. The Balaban J connectivity index is 2.41. The molecule has 0 atom stereocenters. The van der Waals surface area contributed by atoms with Crippen LogP contribution in [0.25, 0.3) is 5.69 Å². The minimum Gasteiger partial charge on any atom is -0.298 e. The van der Waals surface area contributed by atoms with E-state index in [4.69, 9.17) is 0 Å². The van der Waals surface area contributed by atoms with Gasteiger partial charge in [0.05, 0.1) is 0 Å². The number of carbonyl (C=O) groups excluding carboxylic acids is 1. The summed E-state index contributed by atoms with van der Waals surface area (Å²) in [7, 11) is 0. The second-order valence-electron chi connectivity index (χ2n) is 2.99. The number of thioether (sulfide) groups is 1. The molecule has 1 aromatic carbocycles. The molecule has 1 heterocycles. The number of hydrogen-bond donors (Lipinski definition) is 0. The van der Waals surface area contributed by atoms with Crippen LogP contribution in [-0.4, -0.2) is 22.1 Å². The summed E-state index contributed by atoms with van der Waals surface area (Å²) in [6, 6.07) is 7.41. The van der Waals surface area contributed by atoms with E-state index in [9.17, 15) is 4.79 Å². The van der Waals surface area contributed by atoms with Gasteiger partial charge in [-0.2, -0.15) is 0 Å². The molecule has 3 nitrogen and oxygen atoms in total. The fourth-order valence-electron chi connectivity index (χ4n) is 1.35. The maximum atomic E-state index is 10.5. The summed E-state index contributed by atoms with van der Waals surface area (Å²) in [6.07, 6.45) is 6.49. The van der Waals surface area contributed by atoms with Gasteiger partial charge in [-0.15, -0.1) is 0 Å². The molecule has 0 spiro atoms. The molecular weight excluding hydrogens is 208 g/mol. The molecule has 0 aliphatic heterocycles.